The molecule has 1 N–H and O–H groups in total. The molecule has 6 heteroatoms. The lowest BCUT2D eigenvalue weighted by Gasteiger charge is -2.28. The van der Waals surface area contributed by atoms with Gasteiger partial charge in [-0.3, -0.25) is 14.9 Å². The number of rotatable bonds is 6. The molecule has 1 saturated carbocycles. The molecule has 1 aromatic carbocycles. The molecule has 5 nitrogen and oxygen atoms in total. The number of carbonyl (C=O) groups is 2. The Hall–Kier alpha value is -1.95. The van der Waals surface area contributed by atoms with Gasteiger partial charge in [0.2, 0.25) is 0 Å². The quantitative estimate of drug-likeness (QED) is 0.727. The Morgan fingerprint density at radius 3 is 2.65 bits per heavy atom. The van der Waals surface area contributed by atoms with Crippen LogP contribution in [0.4, 0.5) is 4.79 Å². The van der Waals surface area contributed by atoms with E-state index < -0.39 is 0 Å². The van der Waals surface area contributed by atoms with Crippen LogP contribution in [-0.4, -0.2) is 23.9 Å². The topological polar surface area (TPSA) is 64.6 Å². The van der Waals surface area contributed by atoms with Crippen LogP contribution in [-0.2, 0) is 4.79 Å². The van der Waals surface area contributed by atoms with Gasteiger partial charge in [-0.25, -0.2) is 0 Å². The molecule has 0 spiro atoms. The Balaban J connectivity index is 1.77. The summed E-state index contributed by atoms with van der Waals surface area (Å²) >= 11 is 0.911. The number of imide groups is 1. The molecular weight excluding hydrogens is 350 g/mol. The summed E-state index contributed by atoms with van der Waals surface area (Å²) in [5.74, 6) is 1.62. The van der Waals surface area contributed by atoms with Crippen molar-refractivity contribution in [1.29, 1.82) is 0 Å². The lowest BCUT2D eigenvalue weighted by molar-refractivity contribution is -0.115. The summed E-state index contributed by atoms with van der Waals surface area (Å²) < 4.78 is 12.0. The van der Waals surface area contributed by atoms with E-state index >= 15 is 0 Å². The molecule has 1 unspecified atom stereocenters. The molecule has 2 aliphatic rings. The minimum absolute atomic E-state index is 0.146. The Morgan fingerprint density at radius 1 is 1.23 bits per heavy atom. The van der Waals surface area contributed by atoms with E-state index in [1.54, 1.807) is 6.08 Å². The largest absolute Gasteiger partial charge is 0.490 e. The maximum atomic E-state index is 11.7. The van der Waals surface area contributed by atoms with Crippen LogP contribution in [0.2, 0.25) is 0 Å². The smallest absolute Gasteiger partial charge is 0.290 e. The van der Waals surface area contributed by atoms with E-state index in [4.69, 9.17) is 9.47 Å². The van der Waals surface area contributed by atoms with Crippen LogP contribution < -0.4 is 14.8 Å². The molecule has 3 rings (SSSR count). The zero-order valence-electron chi connectivity index (χ0n) is 15.2. The van der Waals surface area contributed by atoms with E-state index in [0.717, 1.165) is 23.1 Å². The van der Waals surface area contributed by atoms with Crippen LogP contribution in [0.5, 0.6) is 11.5 Å². The molecule has 1 atom stereocenters. The van der Waals surface area contributed by atoms with Crippen LogP contribution in [0, 0.1) is 5.92 Å². The van der Waals surface area contributed by atoms with Gasteiger partial charge in [0.15, 0.2) is 11.5 Å². The first-order valence-corrected chi connectivity index (χ1v) is 10.1. The number of thioether (sulfide) groups is 1. The molecule has 1 saturated heterocycles. The fourth-order valence-electron chi connectivity index (χ4n) is 3.45. The molecule has 1 aromatic rings. The average Bonchev–Trinajstić information content (AvgIpc) is 2.95. The molecular formula is C20H25NO4S. The third kappa shape index (κ3) is 4.61. The predicted octanol–water partition coefficient (Wildman–Crippen LogP) is 4.76. The van der Waals surface area contributed by atoms with Gasteiger partial charge < -0.3 is 9.47 Å². The molecule has 1 aliphatic heterocycles. The lowest BCUT2D eigenvalue weighted by atomic mass is 9.86. The Morgan fingerprint density at radius 2 is 2.00 bits per heavy atom. The highest BCUT2D eigenvalue weighted by molar-refractivity contribution is 8.18. The first kappa shape index (κ1) is 18.8. The van der Waals surface area contributed by atoms with Crippen molar-refractivity contribution in [3.8, 4) is 11.5 Å². The summed E-state index contributed by atoms with van der Waals surface area (Å²) in [4.78, 5) is 23.4. The second kappa shape index (κ2) is 8.62. The highest BCUT2D eigenvalue weighted by Crippen LogP contribution is 2.35. The standard InChI is InChI=1S/C20H25NO4S/c1-3-24-17-11-14(12-18-19(22)21-20(23)26-18)9-10-16(17)25-13(2)15-7-5-4-6-8-15/h9-13,15H,3-8H2,1-2H3,(H,21,22,23). The van der Waals surface area contributed by atoms with E-state index in [2.05, 4.69) is 12.2 Å². The van der Waals surface area contributed by atoms with E-state index in [1.807, 2.05) is 25.1 Å². The number of carbonyl (C=O) groups excluding carboxylic acids is 2. The Bertz CT molecular complexity index is 710. The molecule has 2 fully saturated rings. The lowest BCUT2D eigenvalue weighted by Crippen LogP contribution is -2.25. The minimum atomic E-state index is -0.357. The fourth-order valence-corrected chi connectivity index (χ4v) is 4.13. The molecule has 0 bridgehead atoms. The van der Waals surface area contributed by atoms with Crippen molar-refractivity contribution in [2.45, 2.75) is 52.1 Å². The second-order valence-electron chi connectivity index (χ2n) is 6.71. The first-order valence-electron chi connectivity index (χ1n) is 9.25. The first-order chi connectivity index (χ1) is 12.6. The van der Waals surface area contributed by atoms with Crippen LogP contribution >= 0.6 is 11.8 Å². The number of nitrogens with one attached hydrogen (secondary N) is 1. The van der Waals surface area contributed by atoms with Crippen molar-refractivity contribution in [2.24, 2.45) is 5.92 Å². The molecule has 1 heterocycles. The number of amides is 2. The van der Waals surface area contributed by atoms with Crippen molar-refractivity contribution < 1.29 is 19.1 Å². The maximum absolute atomic E-state index is 11.7. The molecule has 1 aliphatic carbocycles. The summed E-state index contributed by atoms with van der Waals surface area (Å²) in [6.07, 6.45) is 8.16. The number of ether oxygens (including phenoxy) is 2. The zero-order valence-corrected chi connectivity index (χ0v) is 16.1. The van der Waals surface area contributed by atoms with Gasteiger partial charge in [-0.2, -0.15) is 0 Å². The average molecular weight is 375 g/mol. The summed E-state index contributed by atoms with van der Waals surface area (Å²) in [7, 11) is 0. The highest BCUT2D eigenvalue weighted by atomic mass is 32.2. The number of hydrogen-bond donors (Lipinski definition) is 1. The van der Waals surface area contributed by atoms with Crippen LogP contribution in [0.15, 0.2) is 23.1 Å². The van der Waals surface area contributed by atoms with Crippen LogP contribution in [0.3, 0.4) is 0 Å². The molecule has 140 valence electrons. The van der Waals surface area contributed by atoms with Crippen molar-refractivity contribution >= 4 is 29.0 Å². The Labute approximate surface area is 158 Å². The second-order valence-corrected chi connectivity index (χ2v) is 7.73. The molecule has 26 heavy (non-hydrogen) atoms. The fraction of sp³-hybridized carbons (Fsp3) is 0.500. The summed E-state index contributed by atoms with van der Waals surface area (Å²) in [5, 5.41) is 1.92. The van der Waals surface area contributed by atoms with E-state index in [9.17, 15) is 9.59 Å². The van der Waals surface area contributed by atoms with Gasteiger partial charge >= 0.3 is 0 Å². The van der Waals surface area contributed by atoms with Crippen molar-refractivity contribution in [2.75, 3.05) is 6.61 Å². The van der Waals surface area contributed by atoms with Gasteiger partial charge in [0.1, 0.15) is 0 Å². The van der Waals surface area contributed by atoms with Gasteiger partial charge in [0, 0.05) is 0 Å². The zero-order chi connectivity index (χ0) is 18.5. The van der Waals surface area contributed by atoms with Gasteiger partial charge in [-0.1, -0.05) is 25.3 Å². The van der Waals surface area contributed by atoms with Crippen molar-refractivity contribution in [3.63, 3.8) is 0 Å². The summed E-state index contributed by atoms with van der Waals surface area (Å²) in [5.41, 5.74) is 0.804. The maximum Gasteiger partial charge on any atom is 0.290 e. The monoisotopic (exact) mass is 375 g/mol. The predicted molar refractivity (Wildman–Crippen MR) is 103 cm³/mol. The van der Waals surface area contributed by atoms with Gasteiger partial charge in [-0.15, -0.1) is 0 Å². The third-order valence-electron chi connectivity index (χ3n) is 4.83. The summed E-state index contributed by atoms with van der Waals surface area (Å²) in [6, 6.07) is 5.63. The molecule has 2 amide bonds. The van der Waals surface area contributed by atoms with Gasteiger partial charge in [0.25, 0.3) is 11.1 Å². The SMILES string of the molecule is CCOc1cc(C=C2SC(=O)NC2=O)ccc1OC(C)C1CCCCC1. The highest BCUT2D eigenvalue weighted by Gasteiger charge is 2.25. The van der Waals surface area contributed by atoms with E-state index in [1.165, 1.54) is 32.1 Å². The van der Waals surface area contributed by atoms with E-state index in [-0.39, 0.29) is 17.3 Å². The van der Waals surface area contributed by atoms with Crippen LogP contribution in [0.1, 0.15) is 51.5 Å². The number of benzene rings is 1. The normalized spacial score (nSPS) is 20.9. The molecule has 0 radical (unpaired) electrons. The van der Waals surface area contributed by atoms with Gasteiger partial charge in [0.05, 0.1) is 17.6 Å². The number of hydrogen-bond acceptors (Lipinski definition) is 5. The van der Waals surface area contributed by atoms with Crippen molar-refractivity contribution in [1.82, 2.24) is 5.32 Å². The minimum Gasteiger partial charge on any atom is -0.490 e. The van der Waals surface area contributed by atoms with E-state index in [0.29, 0.717) is 23.2 Å². The van der Waals surface area contributed by atoms with Crippen LogP contribution in [0.25, 0.3) is 6.08 Å². The molecule has 0 aromatic heterocycles. The van der Waals surface area contributed by atoms with Crippen molar-refractivity contribution in [3.05, 3.63) is 28.7 Å². The van der Waals surface area contributed by atoms with Gasteiger partial charge in [-0.05, 0) is 68.1 Å². The Kier molecular flexibility index (Phi) is 6.25. The summed E-state index contributed by atoms with van der Waals surface area (Å²) in [6.45, 7) is 4.59. The third-order valence-corrected chi connectivity index (χ3v) is 5.64.